The number of carbonyl (C=O) groups is 2. The first-order valence-electron chi connectivity index (χ1n) is 6.84. The van der Waals surface area contributed by atoms with Gasteiger partial charge in [-0.25, -0.2) is 9.59 Å². The van der Waals surface area contributed by atoms with E-state index < -0.39 is 17.7 Å². The monoisotopic (exact) mass is 294 g/mol. The number of hydrogen-bond donors (Lipinski definition) is 0. The Morgan fingerprint density at radius 2 is 1.33 bits per heavy atom. The van der Waals surface area contributed by atoms with Crippen LogP contribution in [0.1, 0.15) is 13.8 Å². The average Bonchev–Trinajstić information content (AvgIpc) is 2.81. The smallest absolute Gasteiger partial charge is 0.335 e. The zero-order valence-electron chi connectivity index (χ0n) is 12.4. The molecule has 2 unspecified atom stereocenters. The van der Waals surface area contributed by atoms with Gasteiger partial charge in [-0.1, -0.05) is 12.2 Å². The van der Waals surface area contributed by atoms with Crippen molar-refractivity contribution in [1.29, 1.82) is 0 Å². The molecule has 4 aliphatic rings. The highest BCUT2D eigenvalue weighted by atomic mass is 16.8. The largest absolute Gasteiger partial charge is 0.466 e. The molecular weight excluding hydrogens is 276 g/mol. The Hall–Kier alpha value is -1.66. The van der Waals surface area contributed by atoms with Gasteiger partial charge in [-0.2, -0.15) is 0 Å². The summed E-state index contributed by atoms with van der Waals surface area (Å²) in [5.74, 6) is -2.51. The summed E-state index contributed by atoms with van der Waals surface area (Å²) in [5, 5.41) is 0. The van der Waals surface area contributed by atoms with Crippen molar-refractivity contribution in [2.24, 2.45) is 11.8 Å². The predicted molar refractivity (Wildman–Crippen MR) is 71.0 cm³/mol. The third kappa shape index (κ3) is 2.01. The van der Waals surface area contributed by atoms with E-state index >= 15 is 0 Å². The molecule has 0 N–H and O–H groups in total. The fraction of sp³-hybridized carbons (Fsp3) is 0.600. The molecule has 1 saturated heterocycles. The predicted octanol–water partition coefficient (Wildman–Crippen LogP) is 0.965. The molecule has 0 aromatic rings. The molecule has 0 aromatic heterocycles. The van der Waals surface area contributed by atoms with Crippen LogP contribution in [0, 0.1) is 11.8 Å². The van der Waals surface area contributed by atoms with E-state index in [0.29, 0.717) is 11.1 Å². The quantitative estimate of drug-likeness (QED) is 0.558. The van der Waals surface area contributed by atoms with Gasteiger partial charge >= 0.3 is 11.9 Å². The van der Waals surface area contributed by atoms with Crippen LogP contribution in [0.15, 0.2) is 23.3 Å². The molecule has 1 heterocycles. The third-order valence-electron chi connectivity index (χ3n) is 4.16. The van der Waals surface area contributed by atoms with Gasteiger partial charge in [0.1, 0.15) is 0 Å². The first-order chi connectivity index (χ1) is 9.89. The molecule has 6 nitrogen and oxygen atoms in total. The highest BCUT2D eigenvalue weighted by Crippen LogP contribution is 2.50. The second-order valence-corrected chi connectivity index (χ2v) is 5.81. The van der Waals surface area contributed by atoms with Crippen molar-refractivity contribution in [3.8, 4) is 0 Å². The molecule has 21 heavy (non-hydrogen) atoms. The molecule has 6 heteroatoms. The van der Waals surface area contributed by atoms with Crippen molar-refractivity contribution in [2.45, 2.75) is 31.8 Å². The van der Waals surface area contributed by atoms with Gasteiger partial charge in [0, 0.05) is 11.8 Å². The third-order valence-corrected chi connectivity index (χ3v) is 4.16. The Kier molecular flexibility index (Phi) is 3.18. The number of ether oxygens (including phenoxy) is 4. The number of esters is 2. The minimum Gasteiger partial charge on any atom is -0.466 e. The van der Waals surface area contributed by atoms with E-state index in [1.807, 2.05) is 26.0 Å². The fourth-order valence-electron chi connectivity index (χ4n) is 3.42. The molecule has 1 fully saturated rings. The summed E-state index contributed by atoms with van der Waals surface area (Å²) in [4.78, 5) is 24.2. The van der Waals surface area contributed by atoms with Gasteiger partial charge in [0.25, 0.3) is 0 Å². The van der Waals surface area contributed by atoms with E-state index in [1.165, 1.54) is 14.2 Å². The molecule has 0 amide bonds. The molecule has 2 bridgehead atoms. The van der Waals surface area contributed by atoms with E-state index in [2.05, 4.69) is 0 Å². The molecule has 1 aliphatic heterocycles. The van der Waals surface area contributed by atoms with Gasteiger partial charge in [0.15, 0.2) is 5.79 Å². The topological polar surface area (TPSA) is 71.1 Å². The van der Waals surface area contributed by atoms with E-state index in [4.69, 9.17) is 18.9 Å². The second kappa shape index (κ2) is 4.68. The molecule has 0 aromatic carbocycles. The van der Waals surface area contributed by atoms with Crippen LogP contribution in [0.25, 0.3) is 0 Å². The molecule has 114 valence electrons. The van der Waals surface area contributed by atoms with E-state index in [1.54, 1.807) is 0 Å². The van der Waals surface area contributed by atoms with Crippen LogP contribution in [-0.4, -0.2) is 44.2 Å². The van der Waals surface area contributed by atoms with Crippen molar-refractivity contribution in [2.75, 3.05) is 14.2 Å². The number of methoxy groups -OCH3 is 2. The van der Waals surface area contributed by atoms with Gasteiger partial charge in [0.05, 0.1) is 37.6 Å². The Balaban J connectivity index is 2.09. The lowest BCUT2D eigenvalue weighted by atomic mass is 9.68. The van der Waals surface area contributed by atoms with Crippen LogP contribution in [0.2, 0.25) is 0 Å². The molecule has 0 saturated carbocycles. The maximum Gasteiger partial charge on any atom is 0.335 e. The van der Waals surface area contributed by atoms with Crippen LogP contribution < -0.4 is 0 Å². The Bertz CT molecular complexity index is 513. The molecule has 3 aliphatic carbocycles. The summed E-state index contributed by atoms with van der Waals surface area (Å²) in [5.41, 5.74) is 0.638. The zero-order chi connectivity index (χ0) is 15.4. The molecule has 4 atom stereocenters. The lowest BCUT2D eigenvalue weighted by Gasteiger charge is -2.40. The van der Waals surface area contributed by atoms with Crippen molar-refractivity contribution in [3.05, 3.63) is 23.3 Å². The average molecular weight is 294 g/mol. The standard InChI is InChI=1S/C15H18O6/c1-15(2)20-11-7-5-6-8(12(11)21-15)10(14(17)19-4)9(7)13(16)18-3/h5-8,11-12H,1-4H3/t7?,8?,11-,12+. The number of hydrogen-bond acceptors (Lipinski definition) is 6. The maximum absolute atomic E-state index is 12.1. The van der Waals surface area contributed by atoms with Crippen molar-refractivity contribution in [1.82, 2.24) is 0 Å². The summed E-state index contributed by atoms with van der Waals surface area (Å²) >= 11 is 0. The van der Waals surface area contributed by atoms with E-state index in [0.717, 1.165) is 0 Å². The summed E-state index contributed by atoms with van der Waals surface area (Å²) in [7, 11) is 2.59. The molecular formula is C15H18O6. The fourth-order valence-corrected chi connectivity index (χ4v) is 3.42. The summed E-state index contributed by atoms with van der Waals surface area (Å²) in [6.45, 7) is 3.64. The lowest BCUT2D eigenvalue weighted by molar-refractivity contribution is -0.150. The van der Waals surface area contributed by atoms with Gasteiger partial charge < -0.3 is 18.9 Å². The molecule has 0 radical (unpaired) electrons. The molecule has 4 rings (SSSR count). The Labute approximate surface area is 122 Å². The minimum atomic E-state index is -0.745. The number of carbonyl (C=O) groups excluding carboxylic acids is 2. The lowest BCUT2D eigenvalue weighted by Crippen LogP contribution is -2.48. The summed E-state index contributed by atoms with van der Waals surface area (Å²) in [6.07, 6.45) is 3.18. The first-order valence-corrected chi connectivity index (χ1v) is 6.84. The van der Waals surface area contributed by atoms with Gasteiger partial charge in [-0.05, 0) is 13.8 Å². The van der Waals surface area contributed by atoms with Crippen LogP contribution in [0.4, 0.5) is 0 Å². The van der Waals surface area contributed by atoms with E-state index in [-0.39, 0.29) is 24.0 Å². The van der Waals surface area contributed by atoms with Crippen molar-refractivity contribution < 1.29 is 28.5 Å². The van der Waals surface area contributed by atoms with Crippen LogP contribution in [0.5, 0.6) is 0 Å². The SMILES string of the molecule is COC(=O)C1=C(C(=O)OC)C2C=CC1[C@H]1OC(C)(C)O[C@@H]21. The Morgan fingerprint density at radius 3 is 1.67 bits per heavy atom. The van der Waals surface area contributed by atoms with Crippen molar-refractivity contribution in [3.63, 3.8) is 0 Å². The highest BCUT2D eigenvalue weighted by molar-refractivity contribution is 6.02. The van der Waals surface area contributed by atoms with E-state index in [9.17, 15) is 9.59 Å². The number of rotatable bonds is 2. The van der Waals surface area contributed by atoms with Gasteiger partial charge in [0.2, 0.25) is 0 Å². The minimum absolute atomic E-state index is 0.294. The summed E-state index contributed by atoms with van der Waals surface area (Å²) < 4.78 is 21.5. The van der Waals surface area contributed by atoms with Gasteiger partial charge in [-0.3, -0.25) is 0 Å². The molecule has 0 spiro atoms. The zero-order valence-corrected chi connectivity index (χ0v) is 12.4. The van der Waals surface area contributed by atoms with Crippen molar-refractivity contribution >= 4 is 11.9 Å². The maximum atomic E-state index is 12.1. The van der Waals surface area contributed by atoms with Crippen LogP contribution in [-0.2, 0) is 28.5 Å². The Morgan fingerprint density at radius 1 is 0.952 bits per heavy atom. The van der Waals surface area contributed by atoms with Crippen LogP contribution >= 0.6 is 0 Å². The highest BCUT2D eigenvalue weighted by Gasteiger charge is 2.57. The first kappa shape index (κ1) is 14.3. The van der Waals surface area contributed by atoms with Crippen LogP contribution in [0.3, 0.4) is 0 Å². The van der Waals surface area contributed by atoms with Gasteiger partial charge in [-0.15, -0.1) is 0 Å². The summed E-state index contributed by atoms with van der Waals surface area (Å²) in [6, 6.07) is 0. The second-order valence-electron chi connectivity index (χ2n) is 5.81. The normalized spacial score (nSPS) is 35.6.